The van der Waals surface area contributed by atoms with Crippen LogP contribution in [0, 0.1) is 5.92 Å². The van der Waals surface area contributed by atoms with Gasteiger partial charge in [-0.15, -0.1) is 0 Å². The molecule has 1 saturated heterocycles. The first kappa shape index (κ1) is 15.4. The lowest BCUT2D eigenvalue weighted by atomic mass is 9.81. The topological polar surface area (TPSA) is 51.2 Å². The summed E-state index contributed by atoms with van der Waals surface area (Å²) in [5.41, 5.74) is 1.13. The van der Waals surface area contributed by atoms with Crippen molar-refractivity contribution < 1.29 is 14.3 Å². The number of hydrogen-bond donors (Lipinski definition) is 0. The van der Waals surface area contributed by atoms with Gasteiger partial charge >= 0.3 is 0 Å². The van der Waals surface area contributed by atoms with Gasteiger partial charge in [0.15, 0.2) is 0 Å². The van der Waals surface area contributed by atoms with Crippen LogP contribution in [0.5, 0.6) is 0 Å². The highest BCUT2D eigenvalue weighted by Crippen LogP contribution is 2.34. The molecule has 2 unspecified atom stereocenters. The molecular weight excluding hydrogens is 278 g/mol. The molecule has 1 heterocycles. The molecule has 0 radical (unpaired) electrons. The van der Waals surface area contributed by atoms with Crippen LogP contribution in [0.25, 0.3) is 0 Å². The second kappa shape index (κ2) is 7.68. The molecule has 4 nitrogen and oxygen atoms in total. The van der Waals surface area contributed by atoms with Crippen LogP contribution < -0.4 is 0 Å². The molecule has 1 aromatic rings. The Hall–Kier alpha value is -1.48. The van der Waals surface area contributed by atoms with Gasteiger partial charge in [-0.3, -0.25) is 0 Å². The number of nitrogens with zero attached hydrogens (tertiary/aromatic N) is 1. The monoisotopic (exact) mass is 301 g/mol. The zero-order chi connectivity index (χ0) is 15.2. The van der Waals surface area contributed by atoms with Gasteiger partial charge in [0.25, 0.3) is 0 Å². The molecule has 118 valence electrons. The summed E-state index contributed by atoms with van der Waals surface area (Å²) in [4.78, 5) is 15.0. The summed E-state index contributed by atoms with van der Waals surface area (Å²) in [5.74, 6) is 0.417. The van der Waals surface area contributed by atoms with E-state index in [1.54, 1.807) is 6.08 Å². The van der Waals surface area contributed by atoms with E-state index in [0.717, 1.165) is 18.4 Å². The van der Waals surface area contributed by atoms with Crippen molar-refractivity contribution in [3.05, 3.63) is 35.9 Å². The maximum atomic E-state index is 10.9. The fourth-order valence-corrected chi connectivity index (χ4v) is 3.42. The molecule has 2 aliphatic rings. The summed E-state index contributed by atoms with van der Waals surface area (Å²) in [7, 11) is 0. The Balaban J connectivity index is 1.68. The third-order valence-electron chi connectivity index (χ3n) is 4.68. The number of benzene rings is 1. The van der Waals surface area contributed by atoms with Gasteiger partial charge in [0.1, 0.15) is 12.2 Å². The number of ether oxygens (including phenoxy) is 2. The lowest BCUT2D eigenvalue weighted by molar-refractivity contribution is -0.0104. The maximum absolute atomic E-state index is 10.9. The second-order valence-electron chi connectivity index (χ2n) is 6.24. The summed E-state index contributed by atoms with van der Waals surface area (Å²) in [6.45, 7) is 1.24. The van der Waals surface area contributed by atoms with E-state index < -0.39 is 0 Å². The van der Waals surface area contributed by atoms with E-state index in [1.807, 2.05) is 30.3 Å². The van der Waals surface area contributed by atoms with Crippen LogP contribution in [0.4, 0.5) is 0 Å². The average Bonchev–Trinajstić information content (AvgIpc) is 3.41. The van der Waals surface area contributed by atoms with Crippen LogP contribution in [-0.4, -0.2) is 30.9 Å². The highest BCUT2D eigenvalue weighted by atomic mass is 16.6. The normalized spacial score (nSPS) is 24.3. The predicted octanol–water partition coefficient (Wildman–Crippen LogP) is 3.26. The molecule has 1 aliphatic heterocycles. The third-order valence-corrected chi connectivity index (χ3v) is 4.68. The van der Waals surface area contributed by atoms with Crippen molar-refractivity contribution in [2.45, 2.75) is 57.0 Å². The van der Waals surface area contributed by atoms with Crippen LogP contribution >= 0.6 is 0 Å². The van der Waals surface area contributed by atoms with Crippen LogP contribution in [0.2, 0.25) is 0 Å². The molecule has 4 heteroatoms. The third kappa shape index (κ3) is 4.04. The van der Waals surface area contributed by atoms with Crippen molar-refractivity contribution >= 4 is 6.08 Å². The molecule has 1 saturated carbocycles. The van der Waals surface area contributed by atoms with Gasteiger partial charge in [-0.25, -0.2) is 4.79 Å². The van der Waals surface area contributed by atoms with Crippen molar-refractivity contribution in [1.29, 1.82) is 0 Å². The Kier molecular flexibility index (Phi) is 5.38. The Bertz CT molecular complexity index is 502. The molecule has 22 heavy (non-hydrogen) atoms. The molecule has 3 rings (SSSR count). The number of epoxide rings is 1. The number of carbonyl (C=O) groups excluding carboxylic acids is 1. The fraction of sp³-hybridized carbons (Fsp3) is 0.611. The standard InChI is InChI=1S/C18H23NO3/c20-13-19-17(15-9-5-2-6-10-15)18(16-12-21-16)22-11-14-7-3-1-4-8-14/h1,3-4,7-8,15-18H,2,5-6,9-12H2/t16?,17?,18-/m1/s1. The van der Waals surface area contributed by atoms with Gasteiger partial charge in [0, 0.05) is 0 Å². The van der Waals surface area contributed by atoms with Gasteiger partial charge in [0.05, 0.1) is 19.3 Å². The molecule has 0 amide bonds. The zero-order valence-electron chi connectivity index (χ0n) is 12.8. The summed E-state index contributed by atoms with van der Waals surface area (Å²) in [6, 6.07) is 9.97. The van der Waals surface area contributed by atoms with Crippen molar-refractivity contribution in [2.24, 2.45) is 10.9 Å². The number of rotatable bonds is 7. The van der Waals surface area contributed by atoms with Crippen molar-refractivity contribution in [3.8, 4) is 0 Å². The van der Waals surface area contributed by atoms with E-state index in [0.29, 0.717) is 19.1 Å². The van der Waals surface area contributed by atoms with Crippen LogP contribution in [0.3, 0.4) is 0 Å². The van der Waals surface area contributed by atoms with Crippen LogP contribution in [0.1, 0.15) is 37.7 Å². The van der Waals surface area contributed by atoms with Gasteiger partial charge < -0.3 is 9.47 Å². The molecular formula is C18H23NO3. The van der Waals surface area contributed by atoms with E-state index in [9.17, 15) is 4.79 Å². The molecule has 1 aliphatic carbocycles. The number of aliphatic imine (C=N–C) groups is 1. The Morgan fingerprint density at radius 2 is 1.95 bits per heavy atom. The largest absolute Gasteiger partial charge is 0.370 e. The molecule has 0 N–H and O–H groups in total. The Morgan fingerprint density at radius 1 is 1.23 bits per heavy atom. The highest BCUT2D eigenvalue weighted by molar-refractivity contribution is 5.34. The zero-order valence-corrected chi connectivity index (χ0v) is 12.8. The maximum Gasteiger partial charge on any atom is 0.235 e. The average molecular weight is 301 g/mol. The van der Waals surface area contributed by atoms with E-state index in [4.69, 9.17) is 9.47 Å². The molecule has 0 bridgehead atoms. The molecule has 1 aromatic carbocycles. The van der Waals surface area contributed by atoms with Gasteiger partial charge in [0.2, 0.25) is 6.08 Å². The first-order valence-corrected chi connectivity index (χ1v) is 8.22. The first-order valence-electron chi connectivity index (χ1n) is 8.22. The van der Waals surface area contributed by atoms with E-state index in [2.05, 4.69) is 4.99 Å². The van der Waals surface area contributed by atoms with E-state index in [-0.39, 0.29) is 18.2 Å². The molecule has 3 atom stereocenters. The van der Waals surface area contributed by atoms with Crippen molar-refractivity contribution in [2.75, 3.05) is 6.61 Å². The Morgan fingerprint density at radius 3 is 2.59 bits per heavy atom. The van der Waals surface area contributed by atoms with Crippen LogP contribution in [0.15, 0.2) is 35.3 Å². The van der Waals surface area contributed by atoms with E-state index >= 15 is 0 Å². The highest BCUT2D eigenvalue weighted by Gasteiger charge is 2.42. The first-order chi connectivity index (χ1) is 10.9. The summed E-state index contributed by atoms with van der Waals surface area (Å²) < 4.78 is 11.6. The minimum atomic E-state index is -0.134. The summed E-state index contributed by atoms with van der Waals surface area (Å²) in [5, 5.41) is 0. The number of isocyanates is 1. The van der Waals surface area contributed by atoms with Gasteiger partial charge in [-0.2, -0.15) is 4.99 Å². The fourth-order valence-electron chi connectivity index (χ4n) is 3.42. The quantitative estimate of drug-likeness (QED) is 0.441. The lowest BCUT2D eigenvalue weighted by Gasteiger charge is -2.31. The summed E-state index contributed by atoms with van der Waals surface area (Å²) >= 11 is 0. The second-order valence-corrected chi connectivity index (χ2v) is 6.24. The lowest BCUT2D eigenvalue weighted by Crippen LogP contribution is -2.39. The van der Waals surface area contributed by atoms with Crippen molar-refractivity contribution in [3.63, 3.8) is 0 Å². The van der Waals surface area contributed by atoms with Crippen LogP contribution in [-0.2, 0) is 20.9 Å². The van der Waals surface area contributed by atoms with E-state index in [1.165, 1.54) is 19.3 Å². The predicted molar refractivity (Wildman–Crippen MR) is 83.2 cm³/mol. The Labute approximate surface area is 131 Å². The smallest absolute Gasteiger partial charge is 0.235 e. The van der Waals surface area contributed by atoms with Gasteiger partial charge in [-0.05, 0) is 24.3 Å². The SMILES string of the molecule is O=C=NC(C1CCCCC1)[C@H](OCc1ccccc1)C1CO1. The van der Waals surface area contributed by atoms with Gasteiger partial charge in [-0.1, -0.05) is 49.6 Å². The minimum absolute atomic E-state index is 0.0766. The molecule has 2 fully saturated rings. The van der Waals surface area contributed by atoms with Crippen molar-refractivity contribution in [1.82, 2.24) is 0 Å². The number of hydrogen-bond acceptors (Lipinski definition) is 4. The summed E-state index contributed by atoms with van der Waals surface area (Å²) in [6.07, 6.45) is 7.66. The molecule has 0 aromatic heterocycles. The molecule has 0 spiro atoms. The minimum Gasteiger partial charge on any atom is -0.370 e.